The van der Waals surface area contributed by atoms with E-state index in [4.69, 9.17) is 11.6 Å². The largest absolute Gasteiger partial charge is 0.322 e. The molecule has 37 heavy (non-hydrogen) atoms. The number of likely N-dealkylation sites (N-methyl/N-ethyl adjacent to an activating group) is 1. The average molecular weight is 524 g/mol. The van der Waals surface area contributed by atoms with Crippen LogP contribution in [0.25, 0.3) is 5.57 Å². The zero-order valence-corrected chi connectivity index (χ0v) is 23.1. The van der Waals surface area contributed by atoms with E-state index in [0.29, 0.717) is 24.3 Å². The SMILES string of the molecule is CCCC1=C(C(=O)C(C)C)C2=C(CC1C)c1c(cnc(Nc3nc(Cl)nc4c3CN(C)CC4)c1F)CC2. The molecule has 5 rings (SSSR count). The van der Waals surface area contributed by atoms with Gasteiger partial charge in [-0.15, -0.1) is 0 Å². The second-order valence-corrected chi connectivity index (χ2v) is 11.3. The molecule has 3 aliphatic rings. The number of hydrogen-bond donors (Lipinski definition) is 1. The number of aromatic nitrogens is 3. The molecule has 2 aliphatic carbocycles. The van der Waals surface area contributed by atoms with Crippen molar-refractivity contribution >= 4 is 34.6 Å². The third-order valence-electron chi connectivity index (χ3n) is 7.89. The molecular formula is C29H35ClFN5O. The number of carbonyl (C=O) groups excluding carboxylic acids is 1. The molecule has 0 bridgehead atoms. The number of allylic oxidation sites excluding steroid dienone is 4. The van der Waals surface area contributed by atoms with E-state index in [2.05, 4.69) is 39.0 Å². The first-order valence-electron chi connectivity index (χ1n) is 13.4. The summed E-state index contributed by atoms with van der Waals surface area (Å²) in [7, 11) is 2.04. The Bertz CT molecular complexity index is 1330. The predicted molar refractivity (Wildman–Crippen MR) is 145 cm³/mol. The van der Waals surface area contributed by atoms with E-state index in [9.17, 15) is 4.79 Å². The van der Waals surface area contributed by atoms with Crippen molar-refractivity contribution in [3.05, 3.63) is 56.4 Å². The number of rotatable bonds is 6. The Morgan fingerprint density at radius 2 is 2.00 bits per heavy atom. The predicted octanol–water partition coefficient (Wildman–Crippen LogP) is 6.46. The standard InChI is InChI=1S/C29H35ClFN5O/c1-6-7-18-16(4)12-20-19(24(18)26(37)15(2)3)9-8-17-13-32-28(25(31)23(17)20)34-27-21-14-36(5)11-10-22(21)33-29(30)35-27/h13,15-16H,6-12,14H2,1-5H3,(H,32,33,34,35). The van der Waals surface area contributed by atoms with E-state index in [-0.39, 0.29) is 34.5 Å². The molecule has 0 aromatic carbocycles. The first-order valence-corrected chi connectivity index (χ1v) is 13.8. The molecule has 2 aromatic rings. The average Bonchev–Trinajstić information content (AvgIpc) is 2.86. The molecule has 0 spiro atoms. The Morgan fingerprint density at radius 3 is 2.73 bits per heavy atom. The van der Waals surface area contributed by atoms with Gasteiger partial charge in [0, 0.05) is 48.3 Å². The van der Waals surface area contributed by atoms with E-state index < -0.39 is 0 Å². The Hall–Kier alpha value is -2.64. The summed E-state index contributed by atoms with van der Waals surface area (Å²) in [6.45, 7) is 9.75. The number of hydrogen-bond acceptors (Lipinski definition) is 6. The van der Waals surface area contributed by atoms with E-state index in [1.54, 1.807) is 6.20 Å². The van der Waals surface area contributed by atoms with Crippen molar-refractivity contribution in [3.8, 4) is 0 Å². The van der Waals surface area contributed by atoms with Crippen LogP contribution in [0.4, 0.5) is 16.0 Å². The third kappa shape index (κ3) is 4.72. The van der Waals surface area contributed by atoms with E-state index >= 15 is 4.39 Å². The molecule has 0 fully saturated rings. The highest BCUT2D eigenvalue weighted by atomic mass is 35.5. The van der Waals surface area contributed by atoms with Gasteiger partial charge in [0.15, 0.2) is 17.4 Å². The van der Waals surface area contributed by atoms with E-state index in [1.807, 2.05) is 20.9 Å². The summed E-state index contributed by atoms with van der Waals surface area (Å²) in [5.74, 6) is 0.495. The van der Waals surface area contributed by atoms with Crippen LogP contribution in [0.5, 0.6) is 0 Å². The molecule has 0 saturated heterocycles. The fourth-order valence-electron chi connectivity index (χ4n) is 6.03. The first-order chi connectivity index (χ1) is 17.7. The summed E-state index contributed by atoms with van der Waals surface area (Å²) < 4.78 is 16.3. The number of anilines is 2. The van der Waals surface area contributed by atoms with E-state index in [1.165, 1.54) is 5.57 Å². The van der Waals surface area contributed by atoms with Crippen molar-refractivity contribution in [2.45, 2.75) is 72.8 Å². The van der Waals surface area contributed by atoms with Gasteiger partial charge in [0.25, 0.3) is 0 Å². The minimum atomic E-state index is -0.389. The number of ketones is 1. The highest BCUT2D eigenvalue weighted by Crippen LogP contribution is 2.48. The molecule has 3 heterocycles. The number of Topliss-reactive ketones (excluding diaryl/α,β-unsaturated/α-hetero) is 1. The summed E-state index contributed by atoms with van der Waals surface area (Å²) in [4.78, 5) is 28.9. The molecule has 0 amide bonds. The highest BCUT2D eigenvalue weighted by molar-refractivity contribution is 6.28. The van der Waals surface area contributed by atoms with Crippen LogP contribution < -0.4 is 5.32 Å². The van der Waals surface area contributed by atoms with Gasteiger partial charge < -0.3 is 10.2 Å². The zero-order chi connectivity index (χ0) is 26.4. The van der Waals surface area contributed by atoms with Crippen LogP contribution >= 0.6 is 11.6 Å². The summed E-state index contributed by atoms with van der Waals surface area (Å²) in [6, 6.07) is 0. The molecular weight excluding hydrogens is 489 g/mol. The van der Waals surface area contributed by atoms with Gasteiger partial charge in [-0.1, -0.05) is 39.7 Å². The third-order valence-corrected chi connectivity index (χ3v) is 8.06. The smallest absolute Gasteiger partial charge is 0.224 e. The number of nitrogens with zero attached hydrogens (tertiary/aromatic N) is 4. The van der Waals surface area contributed by atoms with Crippen molar-refractivity contribution < 1.29 is 9.18 Å². The topological polar surface area (TPSA) is 71.0 Å². The van der Waals surface area contributed by atoms with Crippen LogP contribution in [0, 0.1) is 17.7 Å². The lowest BCUT2D eigenvalue weighted by atomic mass is 9.69. The van der Waals surface area contributed by atoms with Crippen molar-refractivity contribution in [2.75, 3.05) is 18.9 Å². The van der Waals surface area contributed by atoms with Gasteiger partial charge in [0.2, 0.25) is 5.28 Å². The van der Waals surface area contributed by atoms with Crippen LogP contribution in [0.15, 0.2) is 22.9 Å². The quantitative estimate of drug-likeness (QED) is 0.438. The zero-order valence-electron chi connectivity index (χ0n) is 22.3. The minimum absolute atomic E-state index is 0.103. The van der Waals surface area contributed by atoms with Gasteiger partial charge in [-0.3, -0.25) is 4.79 Å². The molecule has 1 unspecified atom stereocenters. The molecule has 0 saturated carbocycles. The van der Waals surface area contributed by atoms with Gasteiger partial charge in [0.1, 0.15) is 5.82 Å². The summed E-state index contributed by atoms with van der Waals surface area (Å²) in [5, 5.41) is 3.29. The summed E-state index contributed by atoms with van der Waals surface area (Å²) in [6.07, 6.45) is 6.56. The van der Waals surface area contributed by atoms with Gasteiger partial charge >= 0.3 is 0 Å². The highest BCUT2D eigenvalue weighted by Gasteiger charge is 2.36. The van der Waals surface area contributed by atoms with Crippen LogP contribution in [0.3, 0.4) is 0 Å². The van der Waals surface area contributed by atoms with E-state index in [0.717, 1.165) is 72.2 Å². The number of halogens is 2. The lowest BCUT2D eigenvalue weighted by Crippen LogP contribution is -2.28. The molecule has 2 aromatic heterocycles. The maximum atomic E-state index is 16.3. The maximum Gasteiger partial charge on any atom is 0.224 e. The van der Waals surface area contributed by atoms with Crippen molar-refractivity contribution in [3.63, 3.8) is 0 Å². The van der Waals surface area contributed by atoms with Crippen molar-refractivity contribution in [1.29, 1.82) is 0 Å². The number of carbonyl (C=O) groups is 1. The van der Waals surface area contributed by atoms with Gasteiger partial charge in [-0.25, -0.2) is 19.3 Å². The monoisotopic (exact) mass is 523 g/mol. The fourth-order valence-corrected chi connectivity index (χ4v) is 6.22. The molecule has 8 heteroatoms. The lowest BCUT2D eigenvalue weighted by molar-refractivity contribution is -0.118. The van der Waals surface area contributed by atoms with Gasteiger partial charge in [0.05, 0.1) is 5.69 Å². The molecule has 6 nitrogen and oxygen atoms in total. The first kappa shape index (κ1) is 26.0. The fraction of sp³-hybridized carbons (Fsp3) is 0.517. The normalized spacial score (nSPS) is 19.6. The van der Waals surface area contributed by atoms with Gasteiger partial charge in [-0.05, 0) is 67.0 Å². The molecule has 1 N–H and O–H groups in total. The second kappa shape index (κ2) is 10.3. The van der Waals surface area contributed by atoms with Crippen molar-refractivity contribution in [1.82, 2.24) is 19.9 Å². The minimum Gasteiger partial charge on any atom is -0.322 e. The lowest BCUT2D eigenvalue weighted by Gasteiger charge is -2.35. The van der Waals surface area contributed by atoms with Gasteiger partial charge in [-0.2, -0.15) is 0 Å². The van der Waals surface area contributed by atoms with Crippen LogP contribution in [0.2, 0.25) is 5.28 Å². The Kier molecular flexibility index (Phi) is 7.20. The Balaban J connectivity index is 1.61. The van der Waals surface area contributed by atoms with Crippen LogP contribution in [0.1, 0.15) is 75.8 Å². The Labute approximate surface area is 223 Å². The second-order valence-electron chi connectivity index (χ2n) is 10.9. The van der Waals surface area contributed by atoms with Crippen LogP contribution in [-0.2, 0) is 24.2 Å². The molecule has 1 atom stereocenters. The van der Waals surface area contributed by atoms with Crippen LogP contribution in [-0.4, -0.2) is 39.2 Å². The molecule has 196 valence electrons. The molecule has 1 aliphatic heterocycles. The Morgan fingerprint density at radius 1 is 1.22 bits per heavy atom. The number of nitrogens with one attached hydrogen (secondary N) is 1. The maximum absolute atomic E-state index is 16.3. The summed E-state index contributed by atoms with van der Waals surface area (Å²) in [5.41, 5.74) is 7.39. The number of pyridine rings is 1. The molecule has 0 radical (unpaired) electrons. The number of aryl methyl sites for hydroxylation is 1. The number of fused-ring (bicyclic) bond motifs is 3. The van der Waals surface area contributed by atoms with Crippen molar-refractivity contribution in [2.24, 2.45) is 11.8 Å². The summed E-state index contributed by atoms with van der Waals surface area (Å²) >= 11 is 6.22.